The van der Waals surface area contributed by atoms with E-state index < -0.39 is 12.3 Å². The van der Waals surface area contributed by atoms with Gasteiger partial charge in [0.1, 0.15) is 0 Å². The van der Waals surface area contributed by atoms with E-state index in [1.807, 2.05) is 0 Å². The van der Waals surface area contributed by atoms with Gasteiger partial charge in [-0.15, -0.1) is 0 Å². The molecule has 3 nitrogen and oxygen atoms in total. The monoisotopic (exact) mass is 298 g/mol. The second-order valence-electron chi connectivity index (χ2n) is 3.26. The van der Waals surface area contributed by atoms with Crippen molar-refractivity contribution in [2.24, 2.45) is 0 Å². The molecule has 1 unspecified atom stereocenters. The molecule has 0 aliphatic rings. The molecule has 0 bridgehead atoms. The van der Waals surface area contributed by atoms with Gasteiger partial charge in [0.2, 0.25) is 5.88 Å². The number of hydrogen-bond acceptors (Lipinski definition) is 3. The maximum atomic E-state index is 12.3. The first-order valence-electron chi connectivity index (χ1n) is 4.37. The van der Waals surface area contributed by atoms with Crippen molar-refractivity contribution in [3.63, 3.8) is 0 Å². The normalized spacial score (nSPS) is 13.6. The fraction of sp³-hybridized carbons (Fsp3) is 0.444. The summed E-state index contributed by atoms with van der Waals surface area (Å²) in [6, 6.07) is 0. The largest absolute Gasteiger partial charge is 0.464 e. The Morgan fingerprint density at radius 3 is 2.56 bits per heavy atom. The van der Waals surface area contributed by atoms with E-state index in [9.17, 15) is 13.2 Å². The molecule has 1 aromatic heterocycles. The number of halogens is 4. The molecule has 0 aliphatic heterocycles. The van der Waals surface area contributed by atoms with Crippen molar-refractivity contribution < 1.29 is 17.9 Å². The van der Waals surface area contributed by atoms with Crippen LogP contribution in [0.3, 0.4) is 0 Å². The van der Waals surface area contributed by atoms with Crippen molar-refractivity contribution in [3.8, 4) is 5.88 Å². The van der Waals surface area contributed by atoms with Crippen molar-refractivity contribution in [1.29, 1.82) is 0 Å². The van der Waals surface area contributed by atoms with Gasteiger partial charge in [-0.05, 0) is 35.3 Å². The molecule has 0 saturated heterocycles. The van der Waals surface area contributed by atoms with Crippen LogP contribution in [-0.2, 0) is 0 Å². The standard InChI is InChI=1S/C9H10BrF3N2O/c1-4-6(14)3-15-8(7(4)10)16-5(2)9(11,12)13/h3,5H,14H2,1-2H3. The Balaban J connectivity index is 2.95. The molecule has 1 heterocycles. The van der Waals surface area contributed by atoms with Crippen LogP contribution in [0.25, 0.3) is 0 Å². The number of rotatable bonds is 2. The molecule has 0 radical (unpaired) electrons. The molecule has 1 atom stereocenters. The minimum absolute atomic E-state index is 0.114. The summed E-state index contributed by atoms with van der Waals surface area (Å²) in [5.41, 5.74) is 6.52. The Morgan fingerprint density at radius 2 is 2.06 bits per heavy atom. The van der Waals surface area contributed by atoms with Crippen LogP contribution in [0, 0.1) is 6.92 Å². The lowest BCUT2D eigenvalue weighted by atomic mass is 10.2. The zero-order chi connectivity index (χ0) is 12.5. The fourth-order valence-corrected chi connectivity index (χ4v) is 1.31. The number of hydrogen-bond donors (Lipinski definition) is 1. The average molecular weight is 299 g/mol. The van der Waals surface area contributed by atoms with Gasteiger partial charge in [-0.1, -0.05) is 0 Å². The highest BCUT2D eigenvalue weighted by Crippen LogP contribution is 2.32. The van der Waals surface area contributed by atoms with E-state index in [-0.39, 0.29) is 5.88 Å². The van der Waals surface area contributed by atoms with Gasteiger partial charge in [0.15, 0.2) is 6.10 Å². The van der Waals surface area contributed by atoms with E-state index in [1.54, 1.807) is 6.92 Å². The lowest BCUT2D eigenvalue weighted by molar-refractivity contribution is -0.190. The third kappa shape index (κ3) is 2.78. The van der Waals surface area contributed by atoms with Crippen LogP contribution in [0.15, 0.2) is 10.7 Å². The molecule has 0 saturated carbocycles. The van der Waals surface area contributed by atoms with Gasteiger partial charge in [-0.3, -0.25) is 0 Å². The predicted octanol–water partition coefficient (Wildman–Crippen LogP) is 3.06. The third-order valence-electron chi connectivity index (χ3n) is 2.02. The van der Waals surface area contributed by atoms with Crippen LogP contribution in [0.5, 0.6) is 5.88 Å². The van der Waals surface area contributed by atoms with E-state index in [1.165, 1.54) is 6.20 Å². The predicted molar refractivity (Wildman–Crippen MR) is 57.2 cm³/mol. The Hall–Kier alpha value is -0.980. The van der Waals surface area contributed by atoms with Crippen molar-refractivity contribution in [3.05, 3.63) is 16.2 Å². The molecule has 1 rings (SSSR count). The summed E-state index contributed by atoms with van der Waals surface area (Å²) in [5, 5.41) is 0. The van der Waals surface area contributed by atoms with Crippen LogP contribution in [0.4, 0.5) is 18.9 Å². The minimum Gasteiger partial charge on any atom is -0.464 e. The number of aromatic nitrogens is 1. The van der Waals surface area contributed by atoms with Gasteiger partial charge in [0.25, 0.3) is 0 Å². The maximum absolute atomic E-state index is 12.3. The van der Waals surface area contributed by atoms with Crippen LogP contribution in [0.1, 0.15) is 12.5 Å². The number of alkyl halides is 3. The van der Waals surface area contributed by atoms with E-state index in [0.29, 0.717) is 15.7 Å². The Morgan fingerprint density at radius 1 is 1.50 bits per heavy atom. The first-order chi connectivity index (χ1) is 7.23. The molecule has 7 heteroatoms. The zero-order valence-electron chi connectivity index (χ0n) is 8.60. The van der Waals surface area contributed by atoms with Crippen molar-refractivity contribution in [2.75, 3.05) is 5.73 Å². The van der Waals surface area contributed by atoms with Crippen molar-refractivity contribution in [2.45, 2.75) is 26.1 Å². The Bertz CT molecular complexity index is 395. The molecule has 90 valence electrons. The van der Waals surface area contributed by atoms with Crippen molar-refractivity contribution >= 4 is 21.6 Å². The Kier molecular flexibility index (Phi) is 3.67. The highest BCUT2D eigenvalue weighted by Gasteiger charge is 2.38. The van der Waals surface area contributed by atoms with Crippen molar-refractivity contribution in [1.82, 2.24) is 4.98 Å². The van der Waals surface area contributed by atoms with E-state index >= 15 is 0 Å². The summed E-state index contributed by atoms with van der Waals surface area (Å²) in [4.78, 5) is 3.70. The molecular formula is C9H10BrF3N2O. The third-order valence-corrected chi connectivity index (χ3v) is 2.95. The smallest absolute Gasteiger partial charge is 0.425 e. The highest BCUT2D eigenvalue weighted by molar-refractivity contribution is 9.10. The molecule has 16 heavy (non-hydrogen) atoms. The summed E-state index contributed by atoms with van der Waals surface area (Å²) in [5.74, 6) is -0.114. The number of nitrogen functional groups attached to an aromatic ring is 1. The summed E-state index contributed by atoms with van der Waals surface area (Å²) in [6.07, 6.45) is -5.08. The van der Waals surface area contributed by atoms with E-state index in [4.69, 9.17) is 10.5 Å². The summed E-state index contributed by atoms with van der Waals surface area (Å²) in [7, 11) is 0. The van der Waals surface area contributed by atoms with Gasteiger partial charge < -0.3 is 10.5 Å². The highest BCUT2D eigenvalue weighted by atomic mass is 79.9. The molecule has 1 aromatic rings. The molecule has 0 aliphatic carbocycles. The molecule has 0 spiro atoms. The summed E-state index contributed by atoms with van der Waals surface area (Å²) in [6.45, 7) is 2.58. The lowest BCUT2D eigenvalue weighted by Crippen LogP contribution is -2.31. The molecule has 0 aromatic carbocycles. The van der Waals surface area contributed by atoms with Crippen LogP contribution in [0.2, 0.25) is 0 Å². The Labute approximate surface area is 98.9 Å². The van der Waals surface area contributed by atoms with Gasteiger partial charge in [0.05, 0.1) is 16.4 Å². The molecule has 0 fully saturated rings. The number of nitrogens with zero attached hydrogens (tertiary/aromatic N) is 1. The van der Waals surface area contributed by atoms with Gasteiger partial charge in [-0.25, -0.2) is 4.98 Å². The number of ether oxygens (including phenoxy) is 1. The molecule has 0 amide bonds. The number of nitrogens with two attached hydrogens (primary N) is 1. The quantitative estimate of drug-likeness (QED) is 0.913. The lowest BCUT2D eigenvalue weighted by Gasteiger charge is -2.18. The fourth-order valence-electron chi connectivity index (χ4n) is 0.885. The second kappa shape index (κ2) is 4.48. The van der Waals surface area contributed by atoms with Crippen LogP contribution >= 0.6 is 15.9 Å². The average Bonchev–Trinajstić information content (AvgIpc) is 2.17. The zero-order valence-corrected chi connectivity index (χ0v) is 10.2. The van der Waals surface area contributed by atoms with E-state index in [2.05, 4.69) is 20.9 Å². The first-order valence-corrected chi connectivity index (χ1v) is 5.16. The SMILES string of the molecule is Cc1c(N)cnc(OC(C)C(F)(F)F)c1Br. The maximum Gasteiger partial charge on any atom is 0.425 e. The van der Waals surface area contributed by atoms with Gasteiger partial charge >= 0.3 is 6.18 Å². The topological polar surface area (TPSA) is 48.1 Å². The molecular weight excluding hydrogens is 289 g/mol. The van der Waals surface area contributed by atoms with Crippen LogP contribution in [-0.4, -0.2) is 17.3 Å². The number of anilines is 1. The van der Waals surface area contributed by atoms with Gasteiger partial charge in [-0.2, -0.15) is 13.2 Å². The summed E-state index contributed by atoms with van der Waals surface area (Å²) < 4.78 is 41.8. The summed E-state index contributed by atoms with van der Waals surface area (Å²) >= 11 is 3.09. The molecule has 2 N–H and O–H groups in total. The van der Waals surface area contributed by atoms with E-state index in [0.717, 1.165) is 6.92 Å². The minimum atomic E-state index is -4.42. The second-order valence-corrected chi connectivity index (χ2v) is 4.05. The first kappa shape index (κ1) is 13.1. The van der Waals surface area contributed by atoms with Gasteiger partial charge in [0, 0.05) is 0 Å². The number of pyridine rings is 1. The van der Waals surface area contributed by atoms with Crippen LogP contribution < -0.4 is 10.5 Å².